The zero-order chi connectivity index (χ0) is 13.8. The molecule has 1 aromatic rings. The fraction of sp³-hybridized carbons (Fsp3) is 0.500. The molecule has 0 aliphatic rings. The van der Waals surface area contributed by atoms with Gasteiger partial charge in [-0.1, -0.05) is 6.07 Å². The van der Waals surface area contributed by atoms with Gasteiger partial charge in [-0.25, -0.2) is 0 Å². The summed E-state index contributed by atoms with van der Waals surface area (Å²) in [4.78, 5) is 0. The van der Waals surface area contributed by atoms with Crippen LogP contribution < -0.4 is 10.5 Å². The molecule has 102 valence electrons. The first kappa shape index (κ1) is 14.8. The Morgan fingerprint density at radius 1 is 1.33 bits per heavy atom. The van der Waals surface area contributed by atoms with Gasteiger partial charge in [0.15, 0.2) is 0 Å². The van der Waals surface area contributed by atoms with Gasteiger partial charge in [-0.05, 0) is 43.0 Å². The Bertz CT molecular complexity index is 393. The maximum Gasteiger partial charge on any atom is 0.573 e. The monoisotopic (exact) mass is 263 g/mol. The van der Waals surface area contributed by atoms with Crippen LogP contribution in [0.1, 0.15) is 17.5 Å². The van der Waals surface area contributed by atoms with Gasteiger partial charge in [-0.2, -0.15) is 0 Å². The maximum absolute atomic E-state index is 12.1. The first-order valence-electron chi connectivity index (χ1n) is 5.54. The van der Waals surface area contributed by atoms with Crippen molar-refractivity contribution in [2.75, 3.05) is 6.54 Å². The normalized spacial score (nSPS) is 13.4. The van der Waals surface area contributed by atoms with Gasteiger partial charge in [0.1, 0.15) is 5.75 Å². The van der Waals surface area contributed by atoms with E-state index in [1.807, 2.05) is 0 Å². The van der Waals surface area contributed by atoms with E-state index in [4.69, 9.17) is 5.73 Å². The van der Waals surface area contributed by atoms with E-state index in [1.165, 1.54) is 12.1 Å². The van der Waals surface area contributed by atoms with E-state index in [0.717, 1.165) is 0 Å². The van der Waals surface area contributed by atoms with Crippen LogP contribution in [-0.4, -0.2) is 24.1 Å². The number of alkyl halides is 3. The van der Waals surface area contributed by atoms with Gasteiger partial charge in [0.25, 0.3) is 0 Å². The van der Waals surface area contributed by atoms with Crippen LogP contribution in [-0.2, 0) is 6.42 Å². The summed E-state index contributed by atoms with van der Waals surface area (Å²) in [5.74, 6) is -0.236. The molecule has 1 atom stereocenters. The number of hydrogen-bond donors (Lipinski definition) is 2. The van der Waals surface area contributed by atoms with Crippen molar-refractivity contribution in [1.82, 2.24) is 0 Å². The number of rotatable bonds is 5. The first-order valence-corrected chi connectivity index (χ1v) is 5.54. The molecule has 0 unspecified atom stereocenters. The van der Waals surface area contributed by atoms with Crippen LogP contribution in [0, 0.1) is 6.92 Å². The van der Waals surface area contributed by atoms with Gasteiger partial charge >= 0.3 is 6.36 Å². The van der Waals surface area contributed by atoms with Gasteiger partial charge in [-0.15, -0.1) is 13.2 Å². The number of nitrogens with two attached hydrogens (primary N) is 1. The van der Waals surface area contributed by atoms with Gasteiger partial charge in [-0.3, -0.25) is 0 Å². The Morgan fingerprint density at radius 2 is 2.00 bits per heavy atom. The molecule has 3 N–H and O–H groups in total. The molecule has 1 rings (SSSR count). The third-order valence-electron chi connectivity index (χ3n) is 2.38. The SMILES string of the molecule is Cc1cc(CC[C@H](O)CN)cc(OC(F)(F)F)c1. The summed E-state index contributed by atoms with van der Waals surface area (Å²) in [5.41, 5.74) is 6.61. The van der Waals surface area contributed by atoms with Crippen LogP contribution in [0.3, 0.4) is 0 Å². The van der Waals surface area contributed by atoms with Crippen molar-refractivity contribution in [3.05, 3.63) is 29.3 Å². The first-order chi connectivity index (χ1) is 8.30. The minimum Gasteiger partial charge on any atom is -0.406 e. The van der Waals surface area contributed by atoms with E-state index >= 15 is 0 Å². The molecule has 0 fully saturated rings. The van der Waals surface area contributed by atoms with Crippen molar-refractivity contribution in [1.29, 1.82) is 0 Å². The molecule has 0 heterocycles. The predicted molar refractivity (Wildman–Crippen MR) is 61.2 cm³/mol. The van der Waals surface area contributed by atoms with Crippen molar-refractivity contribution < 1.29 is 23.0 Å². The Balaban J connectivity index is 2.74. The second-order valence-electron chi connectivity index (χ2n) is 4.13. The van der Waals surface area contributed by atoms with Gasteiger partial charge in [0.2, 0.25) is 0 Å². The fourth-order valence-electron chi connectivity index (χ4n) is 1.61. The number of aliphatic hydroxyl groups excluding tert-OH is 1. The Morgan fingerprint density at radius 3 is 2.56 bits per heavy atom. The number of aliphatic hydroxyl groups is 1. The van der Waals surface area contributed by atoms with Crippen molar-refractivity contribution in [3.8, 4) is 5.75 Å². The van der Waals surface area contributed by atoms with Gasteiger partial charge in [0.05, 0.1) is 6.10 Å². The third kappa shape index (κ3) is 5.37. The molecule has 0 aromatic heterocycles. The van der Waals surface area contributed by atoms with Crippen LogP contribution in [0.25, 0.3) is 0 Å². The van der Waals surface area contributed by atoms with Crippen LogP contribution in [0.5, 0.6) is 5.75 Å². The van der Waals surface area contributed by atoms with Crippen LogP contribution in [0.15, 0.2) is 18.2 Å². The molecule has 0 saturated carbocycles. The summed E-state index contributed by atoms with van der Waals surface area (Å²) in [6.45, 7) is 1.82. The van der Waals surface area contributed by atoms with Crippen molar-refractivity contribution in [2.45, 2.75) is 32.2 Å². The molecule has 0 amide bonds. The summed E-state index contributed by atoms with van der Waals surface area (Å²) in [6, 6.07) is 4.40. The molecule has 18 heavy (non-hydrogen) atoms. The second-order valence-corrected chi connectivity index (χ2v) is 4.13. The lowest BCUT2D eigenvalue weighted by Gasteiger charge is -2.12. The predicted octanol–water partition coefficient (Wildman–Crippen LogP) is 2.15. The molecule has 3 nitrogen and oxygen atoms in total. The zero-order valence-corrected chi connectivity index (χ0v) is 10.00. The van der Waals surface area contributed by atoms with Crippen LogP contribution >= 0.6 is 0 Å². The summed E-state index contributed by atoms with van der Waals surface area (Å²) in [6.07, 6.45) is -4.47. The minimum atomic E-state index is -4.69. The third-order valence-corrected chi connectivity index (χ3v) is 2.38. The molecule has 0 aliphatic heterocycles. The van der Waals surface area contributed by atoms with Gasteiger partial charge in [0, 0.05) is 6.54 Å². The van der Waals surface area contributed by atoms with E-state index in [9.17, 15) is 18.3 Å². The summed E-state index contributed by atoms with van der Waals surface area (Å²) in [5, 5.41) is 9.31. The molecule has 0 aliphatic carbocycles. The Kier molecular flexibility index (Phi) is 4.98. The van der Waals surface area contributed by atoms with Crippen LogP contribution in [0.4, 0.5) is 13.2 Å². The molecule has 6 heteroatoms. The number of hydrogen-bond acceptors (Lipinski definition) is 3. The summed E-state index contributed by atoms with van der Waals surface area (Å²) >= 11 is 0. The van der Waals surface area contributed by atoms with E-state index < -0.39 is 12.5 Å². The summed E-state index contributed by atoms with van der Waals surface area (Å²) in [7, 11) is 0. The molecule has 0 radical (unpaired) electrons. The highest BCUT2D eigenvalue weighted by Gasteiger charge is 2.31. The Labute approximate surface area is 103 Å². The highest BCUT2D eigenvalue weighted by molar-refractivity contribution is 5.34. The van der Waals surface area contributed by atoms with Crippen LogP contribution in [0.2, 0.25) is 0 Å². The number of halogens is 3. The zero-order valence-electron chi connectivity index (χ0n) is 10.00. The van der Waals surface area contributed by atoms with Crippen molar-refractivity contribution >= 4 is 0 Å². The highest BCUT2D eigenvalue weighted by Crippen LogP contribution is 2.25. The second kappa shape index (κ2) is 6.06. The molecule has 0 bridgehead atoms. The maximum atomic E-state index is 12.1. The van der Waals surface area contributed by atoms with E-state index in [1.54, 1.807) is 13.0 Å². The van der Waals surface area contributed by atoms with E-state index in [0.29, 0.717) is 24.0 Å². The number of benzene rings is 1. The minimum absolute atomic E-state index is 0.137. The summed E-state index contributed by atoms with van der Waals surface area (Å²) < 4.78 is 40.2. The van der Waals surface area contributed by atoms with E-state index in [-0.39, 0.29) is 12.3 Å². The Hall–Kier alpha value is -1.27. The van der Waals surface area contributed by atoms with E-state index in [2.05, 4.69) is 4.74 Å². The smallest absolute Gasteiger partial charge is 0.406 e. The molecular formula is C12H16F3NO2. The van der Waals surface area contributed by atoms with Crippen molar-refractivity contribution in [2.24, 2.45) is 5.73 Å². The topological polar surface area (TPSA) is 55.5 Å². The largest absolute Gasteiger partial charge is 0.573 e. The lowest BCUT2D eigenvalue weighted by molar-refractivity contribution is -0.274. The number of aryl methyl sites for hydroxylation is 2. The fourth-order valence-corrected chi connectivity index (χ4v) is 1.61. The molecule has 0 spiro atoms. The lowest BCUT2D eigenvalue weighted by atomic mass is 10.0. The quantitative estimate of drug-likeness (QED) is 0.855. The lowest BCUT2D eigenvalue weighted by Crippen LogP contribution is -2.20. The number of ether oxygens (including phenoxy) is 1. The van der Waals surface area contributed by atoms with Crippen molar-refractivity contribution in [3.63, 3.8) is 0 Å². The highest BCUT2D eigenvalue weighted by atomic mass is 19.4. The molecular weight excluding hydrogens is 247 g/mol. The average molecular weight is 263 g/mol. The standard InChI is InChI=1S/C12H16F3NO2/c1-8-4-9(2-3-10(17)7-16)6-11(5-8)18-12(13,14)15/h4-6,10,17H,2-3,7,16H2,1H3/t10-/m0/s1. The van der Waals surface area contributed by atoms with Gasteiger partial charge < -0.3 is 15.6 Å². The molecule has 1 aromatic carbocycles. The average Bonchev–Trinajstić information content (AvgIpc) is 2.22. The molecule has 0 saturated heterocycles.